The Labute approximate surface area is 201 Å². The summed E-state index contributed by atoms with van der Waals surface area (Å²) < 4.78 is 31.1. The van der Waals surface area contributed by atoms with Crippen LogP contribution in [0.3, 0.4) is 0 Å². The summed E-state index contributed by atoms with van der Waals surface area (Å²) in [6.07, 6.45) is 5.97. The summed E-state index contributed by atoms with van der Waals surface area (Å²) in [5.74, 6) is -0.950. The van der Waals surface area contributed by atoms with E-state index in [9.17, 15) is 14.0 Å². The molecule has 1 heterocycles. The van der Waals surface area contributed by atoms with E-state index in [-0.39, 0.29) is 17.6 Å². The molecule has 0 radical (unpaired) electrons. The number of hydrogen-bond acceptors (Lipinski definition) is 5. The average Bonchev–Trinajstić information content (AvgIpc) is 3.11. The molecule has 0 N–H and O–H groups in total. The second-order valence-corrected chi connectivity index (χ2v) is 9.27. The maximum absolute atomic E-state index is 14.5. The monoisotopic (exact) mass is 470 g/mol. The second kappa shape index (κ2) is 11.5. The SMILES string of the molecule is CCCCCOc1ccc(-c2ccc(OC(=O)[C@]3(C)CC(CCCC)C(=O)O3)c(C)c2)cc1F. The first-order chi connectivity index (χ1) is 16.3. The lowest BCUT2D eigenvalue weighted by atomic mass is 9.92. The Kier molecular flexibility index (Phi) is 8.70. The van der Waals surface area contributed by atoms with Crippen molar-refractivity contribution in [2.75, 3.05) is 6.61 Å². The Balaban J connectivity index is 1.67. The van der Waals surface area contributed by atoms with Crippen LogP contribution in [0.25, 0.3) is 11.1 Å². The molecule has 1 unspecified atom stereocenters. The van der Waals surface area contributed by atoms with Gasteiger partial charge in [0.05, 0.1) is 12.5 Å². The van der Waals surface area contributed by atoms with E-state index in [0.717, 1.165) is 43.2 Å². The largest absolute Gasteiger partial charge is 0.491 e. The zero-order valence-electron chi connectivity index (χ0n) is 20.6. The summed E-state index contributed by atoms with van der Waals surface area (Å²) in [7, 11) is 0. The van der Waals surface area contributed by atoms with Crippen molar-refractivity contribution < 1.29 is 28.2 Å². The molecule has 2 atom stereocenters. The highest BCUT2D eigenvalue weighted by molar-refractivity contribution is 5.89. The number of esters is 2. The average molecular weight is 471 g/mol. The Morgan fingerprint density at radius 2 is 1.74 bits per heavy atom. The molecule has 0 spiro atoms. The summed E-state index contributed by atoms with van der Waals surface area (Å²) in [6.45, 7) is 8.09. The Bertz CT molecular complexity index is 1020. The molecule has 184 valence electrons. The number of ether oxygens (including phenoxy) is 3. The molecule has 1 aliphatic heterocycles. The molecule has 0 saturated carbocycles. The van der Waals surface area contributed by atoms with Crippen LogP contribution < -0.4 is 9.47 Å². The minimum atomic E-state index is -1.28. The molecule has 0 amide bonds. The highest BCUT2D eigenvalue weighted by Gasteiger charge is 2.49. The Morgan fingerprint density at radius 3 is 2.38 bits per heavy atom. The molecule has 0 aromatic heterocycles. The quantitative estimate of drug-likeness (QED) is 0.206. The predicted molar refractivity (Wildman–Crippen MR) is 129 cm³/mol. The number of rotatable bonds is 11. The molecule has 6 heteroatoms. The van der Waals surface area contributed by atoms with Gasteiger partial charge in [0.25, 0.3) is 0 Å². The van der Waals surface area contributed by atoms with Crippen LogP contribution in [0.4, 0.5) is 4.39 Å². The van der Waals surface area contributed by atoms with Crippen molar-refractivity contribution in [3.8, 4) is 22.6 Å². The van der Waals surface area contributed by atoms with Crippen molar-refractivity contribution in [3.05, 3.63) is 47.8 Å². The van der Waals surface area contributed by atoms with Crippen LogP contribution >= 0.6 is 0 Å². The molecule has 1 fully saturated rings. The van der Waals surface area contributed by atoms with Crippen LogP contribution in [0.5, 0.6) is 11.5 Å². The molecule has 3 rings (SSSR count). The molecule has 0 bridgehead atoms. The van der Waals surface area contributed by atoms with E-state index < -0.39 is 17.4 Å². The van der Waals surface area contributed by atoms with E-state index in [4.69, 9.17) is 14.2 Å². The molecule has 1 saturated heterocycles. The van der Waals surface area contributed by atoms with Gasteiger partial charge in [-0.2, -0.15) is 0 Å². The van der Waals surface area contributed by atoms with Crippen molar-refractivity contribution in [2.45, 2.75) is 78.2 Å². The van der Waals surface area contributed by atoms with Crippen LogP contribution in [0.2, 0.25) is 0 Å². The van der Waals surface area contributed by atoms with Crippen LogP contribution in [-0.2, 0) is 14.3 Å². The summed E-state index contributed by atoms with van der Waals surface area (Å²) in [4.78, 5) is 25.0. The first-order valence-electron chi connectivity index (χ1n) is 12.3. The fourth-order valence-corrected chi connectivity index (χ4v) is 4.18. The van der Waals surface area contributed by atoms with Gasteiger partial charge in [-0.3, -0.25) is 4.79 Å². The first kappa shape index (κ1) is 25.7. The van der Waals surface area contributed by atoms with Gasteiger partial charge in [0.2, 0.25) is 5.60 Å². The third kappa shape index (κ3) is 6.16. The number of carbonyl (C=O) groups is 2. The second-order valence-electron chi connectivity index (χ2n) is 9.27. The predicted octanol–water partition coefficient (Wildman–Crippen LogP) is 6.79. The van der Waals surface area contributed by atoms with Crippen molar-refractivity contribution in [1.82, 2.24) is 0 Å². The van der Waals surface area contributed by atoms with Gasteiger partial charge in [-0.1, -0.05) is 51.7 Å². The van der Waals surface area contributed by atoms with Crippen LogP contribution in [0, 0.1) is 18.7 Å². The minimum Gasteiger partial charge on any atom is -0.491 e. The fourth-order valence-electron chi connectivity index (χ4n) is 4.18. The lowest BCUT2D eigenvalue weighted by Gasteiger charge is -2.21. The van der Waals surface area contributed by atoms with Crippen LogP contribution in [0.1, 0.15) is 71.3 Å². The minimum absolute atomic E-state index is 0.249. The third-order valence-electron chi connectivity index (χ3n) is 6.28. The molecule has 1 aliphatic rings. The maximum atomic E-state index is 14.5. The summed E-state index contributed by atoms with van der Waals surface area (Å²) in [6, 6.07) is 10.2. The Morgan fingerprint density at radius 1 is 1.06 bits per heavy atom. The number of halogens is 1. The van der Waals surface area contributed by atoms with Crippen LogP contribution in [-0.4, -0.2) is 24.1 Å². The summed E-state index contributed by atoms with van der Waals surface area (Å²) in [5, 5.41) is 0. The molecule has 2 aromatic carbocycles. The summed E-state index contributed by atoms with van der Waals surface area (Å²) in [5.41, 5.74) is 0.944. The number of carbonyl (C=O) groups excluding carboxylic acids is 2. The topological polar surface area (TPSA) is 61.8 Å². The molecule has 5 nitrogen and oxygen atoms in total. The van der Waals surface area contributed by atoms with Gasteiger partial charge in [-0.15, -0.1) is 0 Å². The highest BCUT2D eigenvalue weighted by atomic mass is 19.1. The molecule has 2 aromatic rings. The highest BCUT2D eigenvalue weighted by Crippen LogP contribution is 2.36. The number of unbranched alkanes of at least 4 members (excludes halogenated alkanes) is 3. The fraction of sp³-hybridized carbons (Fsp3) is 0.500. The van der Waals surface area contributed by atoms with Crippen molar-refractivity contribution >= 4 is 11.9 Å². The van der Waals surface area contributed by atoms with Gasteiger partial charge in [0, 0.05) is 6.42 Å². The number of hydrogen-bond donors (Lipinski definition) is 0. The van der Waals surface area contributed by atoms with Gasteiger partial charge in [-0.25, -0.2) is 9.18 Å². The van der Waals surface area contributed by atoms with Gasteiger partial charge in [0.1, 0.15) is 5.75 Å². The first-order valence-corrected chi connectivity index (χ1v) is 12.3. The van der Waals surface area contributed by atoms with Gasteiger partial charge >= 0.3 is 11.9 Å². The summed E-state index contributed by atoms with van der Waals surface area (Å²) >= 11 is 0. The van der Waals surface area contributed by atoms with E-state index in [1.54, 1.807) is 25.1 Å². The standard InChI is InChI=1S/C28H35FO5/c1-5-7-9-15-32-25-14-12-21(17-23(25)29)20-11-13-24(19(3)16-20)33-27(31)28(4)18-22(10-8-6-2)26(30)34-28/h11-14,16-17,22H,5-10,15,18H2,1-4H3/t22?,28-/m0/s1. The van der Waals surface area contributed by atoms with E-state index in [1.165, 1.54) is 6.07 Å². The third-order valence-corrected chi connectivity index (χ3v) is 6.28. The van der Waals surface area contributed by atoms with Gasteiger partial charge in [-0.05, 0) is 67.6 Å². The van der Waals surface area contributed by atoms with E-state index in [1.807, 2.05) is 19.1 Å². The normalized spacial score (nSPS) is 19.7. The zero-order chi connectivity index (χ0) is 24.7. The van der Waals surface area contributed by atoms with Gasteiger partial charge < -0.3 is 14.2 Å². The maximum Gasteiger partial charge on any atom is 0.355 e. The molecule has 34 heavy (non-hydrogen) atoms. The zero-order valence-corrected chi connectivity index (χ0v) is 20.6. The Hall–Kier alpha value is -2.89. The van der Waals surface area contributed by atoms with E-state index in [0.29, 0.717) is 30.8 Å². The molecular formula is C28H35FO5. The van der Waals surface area contributed by atoms with Gasteiger partial charge in [0.15, 0.2) is 11.6 Å². The smallest absolute Gasteiger partial charge is 0.355 e. The number of benzene rings is 2. The van der Waals surface area contributed by atoms with E-state index in [2.05, 4.69) is 13.8 Å². The number of aryl methyl sites for hydroxylation is 1. The molecule has 0 aliphatic carbocycles. The lowest BCUT2D eigenvalue weighted by molar-refractivity contribution is -0.166. The number of cyclic esters (lactones) is 1. The van der Waals surface area contributed by atoms with Crippen molar-refractivity contribution in [3.63, 3.8) is 0 Å². The molecular weight excluding hydrogens is 435 g/mol. The van der Waals surface area contributed by atoms with Crippen LogP contribution in [0.15, 0.2) is 36.4 Å². The van der Waals surface area contributed by atoms with E-state index >= 15 is 0 Å². The van der Waals surface area contributed by atoms with Crippen molar-refractivity contribution in [2.24, 2.45) is 5.92 Å². The lowest BCUT2D eigenvalue weighted by Crippen LogP contribution is -2.38. The van der Waals surface area contributed by atoms with Crippen molar-refractivity contribution in [1.29, 1.82) is 0 Å².